The number of carbonyl (C=O) groups is 1. The summed E-state index contributed by atoms with van der Waals surface area (Å²) in [5.41, 5.74) is 4.56. The van der Waals surface area contributed by atoms with E-state index in [1.807, 2.05) is 0 Å². The molecule has 0 aromatic carbocycles. The van der Waals surface area contributed by atoms with Gasteiger partial charge in [-0.1, -0.05) is 0 Å². The van der Waals surface area contributed by atoms with Gasteiger partial charge in [0.25, 0.3) is 0 Å². The predicted octanol–water partition coefficient (Wildman–Crippen LogP) is -0.922. The minimum absolute atomic E-state index is 0.241. The van der Waals surface area contributed by atoms with E-state index in [0.717, 1.165) is 0 Å². The normalized spacial score (nSPS) is 17.7. The average molecular weight is 98.1 g/mol. The zero-order valence-corrected chi connectivity index (χ0v) is 3.49. The fraction of sp³-hybridized carbons (Fsp3) is 0. The first-order chi connectivity index (χ1) is 3.29. The van der Waals surface area contributed by atoms with Crippen molar-refractivity contribution in [3.05, 3.63) is 12.4 Å². The Balaban J connectivity index is 2.55. The molecular weight excluding hydrogens is 94.1 g/mol. The standard InChI is InChI=1S/C3H4N3O/c1-2-4-3(7)6-5-2/h1,5H,(H2,4,6,7). The maximum absolute atomic E-state index is 10.1. The van der Waals surface area contributed by atoms with Crippen LogP contribution in [-0.2, 0) is 0 Å². The molecule has 0 unspecified atom stereocenters. The van der Waals surface area contributed by atoms with Gasteiger partial charge in [0.1, 0.15) is 5.82 Å². The van der Waals surface area contributed by atoms with Gasteiger partial charge in [-0.2, -0.15) is 0 Å². The molecule has 3 N–H and O–H groups in total. The van der Waals surface area contributed by atoms with Crippen LogP contribution in [0.2, 0.25) is 0 Å². The highest BCUT2D eigenvalue weighted by Gasteiger charge is 2.07. The lowest BCUT2D eigenvalue weighted by Gasteiger charge is -1.85. The van der Waals surface area contributed by atoms with Gasteiger partial charge in [-0.05, 0) is 6.58 Å². The van der Waals surface area contributed by atoms with E-state index in [1.54, 1.807) is 0 Å². The van der Waals surface area contributed by atoms with E-state index in [4.69, 9.17) is 6.58 Å². The van der Waals surface area contributed by atoms with Crippen molar-refractivity contribution in [3.8, 4) is 0 Å². The number of hydrazine groups is 1. The Labute approximate surface area is 40.6 Å². The van der Waals surface area contributed by atoms with Gasteiger partial charge in [0, 0.05) is 0 Å². The predicted molar refractivity (Wildman–Crippen MR) is 22.6 cm³/mol. The average Bonchev–Trinajstić information content (AvgIpc) is 1.87. The topological polar surface area (TPSA) is 53.2 Å². The number of nitrogens with one attached hydrogen (secondary N) is 3. The molecule has 4 heteroatoms. The Morgan fingerprint density at radius 1 is 1.43 bits per heavy atom. The molecule has 1 aliphatic heterocycles. The van der Waals surface area contributed by atoms with Gasteiger partial charge in [-0.25, -0.2) is 4.79 Å². The molecule has 1 radical (unpaired) electrons. The minimum atomic E-state index is -0.322. The van der Waals surface area contributed by atoms with E-state index in [-0.39, 0.29) is 11.9 Å². The molecule has 1 heterocycles. The van der Waals surface area contributed by atoms with Crippen LogP contribution < -0.4 is 16.2 Å². The summed E-state index contributed by atoms with van der Waals surface area (Å²) in [7, 11) is 0. The third-order valence-electron chi connectivity index (χ3n) is 0.559. The lowest BCUT2D eigenvalue weighted by Crippen LogP contribution is -2.25. The molecule has 0 aliphatic carbocycles. The molecule has 0 bridgehead atoms. The van der Waals surface area contributed by atoms with Gasteiger partial charge >= 0.3 is 6.03 Å². The summed E-state index contributed by atoms with van der Waals surface area (Å²) >= 11 is 0. The highest BCUT2D eigenvalue weighted by atomic mass is 16.2. The Hall–Kier alpha value is -1.19. The summed E-state index contributed by atoms with van der Waals surface area (Å²) in [5.74, 6) is 0.241. The first kappa shape index (κ1) is 3.98. The van der Waals surface area contributed by atoms with E-state index >= 15 is 0 Å². The summed E-state index contributed by atoms with van der Waals surface area (Å²) in [5, 5.41) is 2.25. The third kappa shape index (κ3) is 0.623. The highest BCUT2D eigenvalue weighted by molar-refractivity contribution is 5.77. The summed E-state index contributed by atoms with van der Waals surface area (Å²) in [6.07, 6.45) is 0. The first-order valence-electron chi connectivity index (χ1n) is 1.74. The molecule has 1 rings (SSSR count). The molecule has 1 aliphatic rings. The Morgan fingerprint density at radius 3 is 2.29 bits per heavy atom. The second-order valence-corrected chi connectivity index (χ2v) is 1.12. The Morgan fingerprint density at radius 2 is 2.14 bits per heavy atom. The van der Waals surface area contributed by atoms with Crippen molar-refractivity contribution in [1.29, 1.82) is 0 Å². The number of hydrogen-bond donors (Lipinski definition) is 3. The fourth-order valence-corrected chi connectivity index (χ4v) is 0.309. The van der Waals surface area contributed by atoms with E-state index in [2.05, 4.69) is 16.2 Å². The van der Waals surface area contributed by atoms with Crippen molar-refractivity contribution in [1.82, 2.24) is 16.2 Å². The van der Waals surface area contributed by atoms with Crippen molar-refractivity contribution in [2.45, 2.75) is 0 Å². The van der Waals surface area contributed by atoms with Crippen LogP contribution in [0.1, 0.15) is 0 Å². The zero-order valence-electron chi connectivity index (χ0n) is 3.49. The third-order valence-corrected chi connectivity index (χ3v) is 0.559. The van der Waals surface area contributed by atoms with E-state index < -0.39 is 0 Å². The maximum atomic E-state index is 10.1. The molecule has 2 amide bonds. The minimum Gasteiger partial charge on any atom is -0.291 e. The summed E-state index contributed by atoms with van der Waals surface area (Å²) in [6.45, 7) is 5.04. The summed E-state index contributed by atoms with van der Waals surface area (Å²) in [4.78, 5) is 10.1. The summed E-state index contributed by atoms with van der Waals surface area (Å²) < 4.78 is 0. The van der Waals surface area contributed by atoms with Gasteiger partial charge in [0.05, 0.1) is 0 Å². The lowest BCUT2D eigenvalue weighted by atomic mass is 10.8. The Bertz CT molecular complexity index is 105. The SMILES string of the molecule is [CH]=C1NNC(=O)N1. The highest BCUT2D eigenvalue weighted by Crippen LogP contribution is 1.78. The molecular formula is C3H4N3O. The van der Waals surface area contributed by atoms with Crippen LogP contribution in [0.5, 0.6) is 0 Å². The molecule has 4 nitrogen and oxygen atoms in total. The van der Waals surface area contributed by atoms with E-state index in [9.17, 15) is 4.79 Å². The zero-order chi connectivity index (χ0) is 5.28. The van der Waals surface area contributed by atoms with Crippen molar-refractivity contribution < 1.29 is 4.79 Å². The largest absolute Gasteiger partial charge is 0.339 e. The molecule has 1 fully saturated rings. The fourth-order valence-electron chi connectivity index (χ4n) is 0.309. The van der Waals surface area contributed by atoms with Crippen LogP contribution in [0.25, 0.3) is 0 Å². The number of amides is 2. The van der Waals surface area contributed by atoms with E-state index in [0.29, 0.717) is 0 Å². The van der Waals surface area contributed by atoms with Crippen LogP contribution in [0.15, 0.2) is 5.82 Å². The second kappa shape index (κ2) is 1.14. The van der Waals surface area contributed by atoms with Crippen LogP contribution >= 0.6 is 0 Å². The monoisotopic (exact) mass is 98.0 g/mol. The lowest BCUT2D eigenvalue weighted by molar-refractivity contribution is 0.247. The second-order valence-electron chi connectivity index (χ2n) is 1.12. The van der Waals surface area contributed by atoms with Gasteiger partial charge in [-0.3, -0.25) is 16.2 Å². The van der Waals surface area contributed by atoms with Gasteiger partial charge in [0.2, 0.25) is 0 Å². The maximum Gasteiger partial charge on any atom is 0.339 e. The van der Waals surface area contributed by atoms with Gasteiger partial charge < -0.3 is 0 Å². The van der Waals surface area contributed by atoms with Crippen molar-refractivity contribution in [2.24, 2.45) is 0 Å². The molecule has 7 heavy (non-hydrogen) atoms. The molecule has 0 atom stereocenters. The smallest absolute Gasteiger partial charge is 0.291 e. The van der Waals surface area contributed by atoms with Crippen molar-refractivity contribution >= 4 is 6.03 Å². The Kier molecular flexibility index (Phi) is 0.651. The molecule has 0 spiro atoms. The van der Waals surface area contributed by atoms with Crippen molar-refractivity contribution in [3.63, 3.8) is 0 Å². The first-order valence-corrected chi connectivity index (χ1v) is 1.74. The van der Waals surface area contributed by atoms with Crippen LogP contribution in [0.3, 0.4) is 0 Å². The van der Waals surface area contributed by atoms with Crippen molar-refractivity contribution in [2.75, 3.05) is 0 Å². The molecule has 37 valence electrons. The quantitative estimate of drug-likeness (QED) is 0.367. The number of carbonyl (C=O) groups excluding carboxylic acids is 1. The number of hydrogen-bond acceptors (Lipinski definition) is 2. The number of rotatable bonds is 0. The van der Waals surface area contributed by atoms with Gasteiger partial charge in [-0.15, -0.1) is 0 Å². The number of urea groups is 1. The molecule has 1 saturated heterocycles. The van der Waals surface area contributed by atoms with Crippen LogP contribution in [0.4, 0.5) is 4.79 Å². The molecule has 0 saturated carbocycles. The van der Waals surface area contributed by atoms with Crippen LogP contribution in [-0.4, -0.2) is 6.03 Å². The molecule has 0 aromatic rings. The van der Waals surface area contributed by atoms with Crippen LogP contribution in [0, 0.1) is 6.58 Å². The van der Waals surface area contributed by atoms with Gasteiger partial charge in [0.15, 0.2) is 0 Å². The molecule has 0 aromatic heterocycles. The summed E-state index contributed by atoms with van der Waals surface area (Å²) in [6, 6.07) is -0.322. The van der Waals surface area contributed by atoms with E-state index in [1.165, 1.54) is 0 Å².